The Labute approximate surface area is 203 Å². The number of rotatable bonds is 5. The Morgan fingerprint density at radius 3 is 2.56 bits per heavy atom. The van der Waals surface area contributed by atoms with E-state index in [9.17, 15) is 14.4 Å². The van der Waals surface area contributed by atoms with Crippen molar-refractivity contribution in [3.63, 3.8) is 0 Å². The Morgan fingerprint density at radius 1 is 1.00 bits per heavy atom. The highest BCUT2D eigenvalue weighted by Gasteiger charge is 2.37. The van der Waals surface area contributed by atoms with Gasteiger partial charge >= 0.3 is 0 Å². The minimum Gasteiger partial charge on any atom is -0.384 e. The van der Waals surface area contributed by atoms with Crippen LogP contribution in [0.2, 0.25) is 4.34 Å². The average Bonchev–Trinajstić information content (AvgIpc) is 3.37. The van der Waals surface area contributed by atoms with Gasteiger partial charge in [-0.2, -0.15) is 0 Å². The molecule has 9 heteroatoms. The number of thiophene rings is 1. The van der Waals surface area contributed by atoms with Crippen LogP contribution < -0.4 is 11.1 Å². The molecule has 0 spiro atoms. The maximum atomic E-state index is 13.3. The van der Waals surface area contributed by atoms with E-state index in [4.69, 9.17) is 17.3 Å². The third-order valence-electron chi connectivity index (χ3n) is 5.38. The number of carbonyl (C=O) groups is 3. The number of aromatic nitrogens is 1. The zero-order chi connectivity index (χ0) is 23.8. The number of hydrogen-bond acceptors (Lipinski definition) is 6. The summed E-state index contributed by atoms with van der Waals surface area (Å²) in [6.07, 6.45) is 0. The molecule has 0 saturated heterocycles. The van der Waals surface area contributed by atoms with Crippen molar-refractivity contribution in [2.45, 2.75) is 6.54 Å². The van der Waals surface area contributed by atoms with E-state index < -0.39 is 17.7 Å². The van der Waals surface area contributed by atoms with Crippen molar-refractivity contribution in [1.29, 1.82) is 0 Å². The third kappa shape index (κ3) is 4.05. The zero-order valence-electron chi connectivity index (χ0n) is 17.6. The average molecular weight is 489 g/mol. The lowest BCUT2D eigenvalue weighted by Gasteiger charge is -2.15. The van der Waals surface area contributed by atoms with Crippen LogP contribution in [0.15, 0.2) is 72.8 Å². The molecule has 3 N–H and O–H groups in total. The highest BCUT2D eigenvalue weighted by molar-refractivity contribution is 7.18. The van der Waals surface area contributed by atoms with Gasteiger partial charge in [-0.1, -0.05) is 41.9 Å². The predicted molar refractivity (Wildman–Crippen MR) is 132 cm³/mol. The summed E-state index contributed by atoms with van der Waals surface area (Å²) in [5.41, 5.74) is 8.78. The van der Waals surface area contributed by atoms with Crippen molar-refractivity contribution in [2.24, 2.45) is 0 Å². The third-order valence-corrected chi connectivity index (χ3v) is 6.61. The summed E-state index contributed by atoms with van der Waals surface area (Å²) in [6, 6.07) is 20.8. The molecule has 2 aromatic heterocycles. The fourth-order valence-electron chi connectivity index (χ4n) is 3.83. The monoisotopic (exact) mass is 488 g/mol. The second kappa shape index (κ2) is 8.74. The van der Waals surface area contributed by atoms with E-state index in [0.717, 1.165) is 22.5 Å². The minimum absolute atomic E-state index is 0.0798. The van der Waals surface area contributed by atoms with Gasteiger partial charge in [0.05, 0.1) is 38.3 Å². The Hall–Kier alpha value is -4.01. The topological polar surface area (TPSA) is 105 Å². The summed E-state index contributed by atoms with van der Waals surface area (Å²) in [7, 11) is 0. The number of nitrogens with two attached hydrogens (primary N) is 1. The molecule has 1 aliphatic heterocycles. The lowest BCUT2D eigenvalue weighted by Crippen LogP contribution is -2.29. The SMILES string of the molecule is Nc1cccc(-c2cccc(CN3C(=O)c4cccc(NC(=O)c5ccc(Cl)s5)c4C3=O)c2)n1. The molecule has 0 radical (unpaired) electrons. The first kappa shape index (κ1) is 21.8. The summed E-state index contributed by atoms with van der Waals surface area (Å²) in [4.78, 5) is 44.8. The maximum absolute atomic E-state index is 13.3. The second-order valence-corrected chi connectivity index (χ2v) is 9.35. The number of nitrogens with one attached hydrogen (secondary N) is 1. The molecule has 3 heterocycles. The quantitative estimate of drug-likeness (QED) is 0.380. The van der Waals surface area contributed by atoms with Gasteiger partial charge in [0.2, 0.25) is 0 Å². The van der Waals surface area contributed by atoms with Gasteiger partial charge in [-0.05, 0) is 48.0 Å². The summed E-state index contributed by atoms with van der Waals surface area (Å²) in [5.74, 6) is -0.871. The number of pyridine rings is 1. The van der Waals surface area contributed by atoms with Crippen LogP contribution in [0.4, 0.5) is 11.5 Å². The number of benzene rings is 2. The fourth-order valence-corrected chi connectivity index (χ4v) is 4.76. The highest BCUT2D eigenvalue weighted by Crippen LogP contribution is 2.32. The van der Waals surface area contributed by atoms with E-state index in [1.165, 1.54) is 4.90 Å². The predicted octanol–water partition coefficient (Wildman–Crippen LogP) is 5.09. The van der Waals surface area contributed by atoms with Crippen molar-refractivity contribution < 1.29 is 14.4 Å². The van der Waals surface area contributed by atoms with Crippen LogP contribution in [0, 0.1) is 0 Å². The van der Waals surface area contributed by atoms with Crippen molar-refractivity contribution >= 4 is 52.2 Å². The van der Waals surface area contributed by atoms with E-state index in [0.29, 0.717) is 20.7 Å². The maximum Gasteiger partial charge on any atom is 0.265 e. The number of nitrogens with zero attached hydrogens (tertiary/aromatic N) is 2. The van der Waals surface area contributed by atoms with E-state index in [-0.39, 0.29) is 23.4 Å². The number of fused-ring (bicyclic) bond motifs is 1. The number of hydrogen-bond donors (Lipinski definition) is 2. The second-order valence-electron chi connectivity index (χ2n) is 7.63. The lowest BCUT2D eigenvalue weighted by atomic mass is 10.1. The molecule has 2 aromatic carbocycles. The van der Waals surface area contributed by atoms with Crippen molar-refractivity contribution in [2.75, 3.05) is 11.1 Å². The van der Waals surface area contributed by atoms with Crippen molar-refractivity contribution in [3.05, 3.63) is 98.7 Å². The van der Waals surface area contributed by atoms with Gasteiger partial charge in [-0.15, -0.1) is 11.3 Å². The first-order valence-corrected chi connectivity index (χ1v) is 11.5. The Balaban J connectivity index is 1.41. The molecule has 0 atom stereocenters. The van der Waals surface area contributed by atoms with E-state index in [1.54, 1.807) is 36.4 Å². The number of nitrogen functional groups attached to an aromatic ring is 1. The van der Waals surface area contributed by atoms with Crippen LogP contribution in [-0.2, 0) is 6.54 Å². The van der Waals surface area contributed by atoms with Gasteiger partial charge < -0.3 is 11.1 Å². The first-order chi connectivity index (χ1) is 16.4. The smallest absolute Gasteiger partial charge is 0.265 e. The summed E-state index contributed by atoms with van der Waals surface area (Å²) < 4.78 is 0.483. The molecule has 5 rings (SSSR count). The highest BCUT2D eigenvalue weighted by atomic mass is 35.5. The lowest BCUT2D eigenvalue weighted by molar-refractivity contribution is 0.0642. The number of amides is 3. The van der Waals surface area contributed by atoms with Gasteiger partial charge in [-0.3, -0.25) is 19.3 Å². The summed E-state index contributed by atoms with van der Waals surface area (Å²) in [5, 5.41) is 2.74. The van der Waals surface area contributed by atoms with Crippen LogP contribution in [0.5, 0.6) is 0 Å². The van der Waals surface area contributed by atoms with Gasteiger partial charge in [0.25, 0.3) is 17.7 Å². The molecular weight excluding hydrogens is 472 g/mol. The molecule has 34 heavy (non-hydrogen) atoms. The summed E-state index contributed by atoms with van der Waals surface area (Å²) in [6.45, 7) is 0.0798. The Bertz CT molecular complexity index is 1470. The van der Waals surface area contributed by atoms with Gasteiger partial charge in [0.15, 0.2) is 0 Å². The fraction of sp³-hybridized carbons (Fsp3) is 0.0400. The normalized spacial score (nSPS) is 12.7. The molecule has 3 amide bonds. The molecule has 0 bridgehead atoms. The molecule has 0 fully saturated rings. The van der Waals surface area contributed by atoms with Crippen LogP contribution in [0.3, 0.4) is 0 Å². The Morgan fingerprint density at radius 2 is 1.79 bits per heavy atom. The zero-order valence-corrected chi connectivity index (χ0v) is 19.2. The number of anilines is 2. The molecule has 7 nitrogen and oxygen atoms in total. The van der Waals surface area contributed by atoms with Crippen LogP contribution in [0.25, 0.3) is 11.3 Å². The van der Waals surface area contributed by atoms with Crippen LogP contribution >= 0.6 is 22.9 Å². The molecule has 0 saturated carbocycles. The number of imide groups is 1. The van der Waals surface area contributed by atoms with Crippen molar-refractivity contribution in [1.82, 2.24) is 9.88 Å². The molecule has 4 aromatic rings. The summed E-state index contributed by atoms with van der Waals surface area (Å²) >= 11 is 7.05. The largest absolute Gasteiger partial charge is 0.384 e. The van der Waals surface area contributed by atoms with Crippen LogP contribution in [0.1, 0.15) is 36.0 Å². The van der Waals surface area contributed by atoms with Gasteiger partial charge in [0, 0.05) is 5.56 Å². The van der Waals surface area contributed by atoms with Crippen molar-refractivity contribution in [3.8, 4) is 11.3 Å². The molecular formula is C25H17ClN4O3S. The standard InChI is InChI=1S/C25H17ClN4O3S/c26-20-11-10-19(34-20)23(31)29-18-8-2-6-16-22(18)25(33)30(24(16)32)13-14-4-1-5-15(12-14)17-7-3-9-21(27)28-17/h1-12H,13H2,(H2,27,28)(H,29,31). The molecule has 168 valence electrons. The van der Waals surface area contributed by atoms with E-state index >= 15 is 0 Å². The molecule has 0 aliphatic carbocycles. The first-order valence-electron chi connectivity index (χ1n) is 10.3. The number of carbonyl (C=O) groups excluding carboxylic acids is 3. The van der Waals surface area contributed by atoms with E-state index in [1.807, 2.05) is 36.4 Å². The van der Waals surface area contributed by atoms with Crippen LogP contribution in [-0.4, -0.2) is 27.6 Å². The minimum atomic E-state index is -0.465. The molecule has 0 unspecified atom stereocenters. The molecule has 1 aliphatic rings. The Kier molecular flexibility index (Phi) is 5.61. The van der Waals surface area contributed by atoms with Gasteiger partial charge in [0.1, 0.15) is 5.82 Å². The van der Waals surface area contributed by atoms with E-state index in [2.05, 4.69) is 10.3 Å². The number of halogens is 1. The van der Waals surface area contributed by atoms with Gasteiger partial charge in [-0.25, -0.2) is 4.98 Å².